The van der Waals surface area contributed by atoms with Crippen LogP contribution in [-0.4, -0.2) is 31.1 Å². The molecule has 0 spiro atoms. The Morgan fingerprint density at radius 2 is 1.89 bits per heavy atom. The van der Waals surface area contributed by atoms with Gasteiger partial charge in [0.25, 0.3) is 0 Å². The summed E-state index contributed by atoms with van der Waals surface area (Å²) >= 11 is 5.86. The van der Waals surface area contributed by atoms with E-state index < -0.39 is 0 Å². The topological polar surface area (TPSA) is 15.3 Å². The zero-order valence-corrected chi connectivity index (χ0v) is 12.5. The molecule has 1 atom stereocenters. The first-order chi connectivity index (χ1) is 8.65. The standard InChI is InChI=1S/C15H25ClN2/c1-4-13(3)12-18(5-2)11-10-17-15-8-6-14(16)7-9-15/h6-9,13,17H,4-5,10-12H2,1-3H3. The van der Waals surface area contributed by atoms with Gasteiger partial charge in [-0.1, -0.05) is 38.8 Å². The van der Waals surface area contributed by atoms with E-state index in [0.717, 1.165) is 36.3 Å². The van der Waals surface area contributed by atoms with E-state index >= 15 is 0 Å². The van der Waals surface area contributed by atoms with Gasteiger partial charge in [-0.3, -0.25) is 0 Å². The molecule has 0 aliphatic heterocycles. The summed E-state index contributed by atoms with van der Waals surface area (Å²) in [5.74, 6) is 0.778. The van der Waals surface area contributed by atoms with E-state index in [0.29, 0.717) is 0 Å². The summed E-state index contributed by atoms with van der Waals surface area (Å²) in [4.78, 5) is 2.50. The van der Waals surface area contributed by atoms with E-state index in [2.05, 4.69) is 31.0 Å². The summed E-state index contributed by atoms with van der Waals surface area (Å²) in [5, 5.41) is 4.21. The van der Waals surface area contributed by atoms with Crippen molar-refractivity contribution in [3.63, 3.8) is 0 Å². The van der Waals surface area contributed by atoms with Crippen LogP contribution in [0.2, 0.25) is 5.02 Å². The maximum atomic E-state index is 5.86. The van der Waals surface area contributed by atoms with Crippen molar-refractivity contribution in [3.05, 3.63) is 29.3 Å². The summed E-state index contributed by atoms with van der Waals surface area (Å²) < 4.78 is 0. The predicted octanol–water partition coefficient (Wildman–Crippen LogP) is 4.12. The first-order valence-corrected chi connectivity index (χ1v) is 7.25. The van der Waals surface area contributed by atoms with Crippen molar-refractivity contribution < 1.29 is 0 Å². The number of likely N-dealkylation sites (N-methyl/N-ethyl adjacent to an activating group) is 1. The highest BCUT2D eigenvalue weighted by atomic mass is 35.5. The van der Waals surface area contributed by atoms with Crippen molar-refractivity contribution in [1.82, 2.24) is 4.90 Å². The van der Waals surface area contributed by atoms with Gasteiger partial charge in [0.05, 0.1) is 0 Å². The lowest BCUT2D eigenvalue weighted by Crippen LogP contribution is -2.32. The lowest BCUT2D eigenvalue weighted by molar-refractivity contribution is 0.254. The fourth-order valence-electron chi connectivity index (χ4n) is 1.87. The molecule has 1 N–H and O–H groups in total. The minimum Gasteiger partial charge on any atom is -0.384 e. The number of rotatable bonds is 8. The minimum absolute atomic E-state index is 0.778. The predicted molar refractivity (Wildman–Crippen MR) is 81.5 cm³/mol. The Balaban J connectivity index is 2.28. The maximum Gasteiger partial charge on any atom is 0.0407 e. The van der Waals surface area contributed by atoms with Crippen LogP contribution in [0.25, 0.3) is 0 Å². The number of nitrogens with one attached hydrogen (secondary N) is 1. The third-order valence-electron chi connectivity index (χ3n) is 3.32. The van der Waals surface area contributed by atoms with Crippen molar-refractivity contribution in [2.45, 2.75) is 27.2 Å². The normalized spacial score (nSPS) is 12.7. The second-order valence-electron chi connectivity index (χ2n) is 4.84. The van der Waals surface area contributed by atoms with Crippen LogP contribution in [0.5, 0.6) is 0 Å². The molecule has 0 heterocycles. The number of anilines is 1. The van der Waals surface area contributed by atoms with E-state index in [1.807, 2.05) is 24.3 Å². The smallest absolute Gasteiger partial charge is 0.0407 e. The largest absolute Gasteiger partial charge is 0.384 e. The Hall–Kier alpha value is -0.730. The lowest BCUT2D eigenvalue weighted by Gasteiger charge is -2.24. The highest BCUT2D eigenvalue weighted by molar-refractivity contribution is 6.30. The Morgan fingerprint density at radius 1 is 1.22 bits per heavy atom. The summed E-state index contributed by atoms with van der Waals surface area (Å²) in [6, 6.07) is 7.88. The molecule has 0 aliphatic carbocycles. The van der Waals surface area contributed by atoms with Gasteiger partial charge >= 0.3 is 0 Å². The van der Waals surface area contributed by atoms with Gasteiger partial charge in [0.1, 0.15) is 0 Å². The maximum absolute atomic E-state index is 5.86. The van der Waals surface area contributed by atoms with Crippen molar-refractivity contribution in [1.29, 1.82) is 0 Å². The van der Waals surface area contributed by atoms with Gasteiger partial charge in [-0.05, 0) is 36.7 Å². The van der Waals surface area contributed by atoms with Gasteiger partial charge in [0.2, 0.25) is 0 Å². The first-order valence-electron chi connectivity index (χ1n) is 6.87. The molecule has 1 rings (SSSR count). The second kappa shape index (κ2) is 8.39. The van der Waals surface area contributed by atoms with Gasteiger partial charge < -0.3 is 10.2 Å². The molecule has 0 radical (unpaired) electrons. The van der Waals surface area contributed by atoms with Gasteiger partial charge in [-0.25, -0.2) is 0 Å². The van der Waals surface area contributed by atoms with E-state index in [1.165, 1.54) is 13.0 Å². The molecule has 1 aromatic carbocycles. The van der Waals surface area contributed by atoms with Crippen LogP contribution < -0.4 is 5.32 Å². The quantitative estimate of drug-likeness (QED) is 0.763. The molecule has 0 fully saturated rings. The number of hydrogen-bond acceptors (Lipinski definition) is 2. The van der Waals surface area contributed by atoms with Crippen LogP contribution >= 0.6 is 11.6 Å². The van der Waals surface area contributed by atoms with Crippen molar-refractivity contribution in [2.75, 3.05) is 31.5 Å². The fraction of sp³-hybridized carbons (Fsp3) is 0.600. The molecule has 0 bridgehead atoms. The van der Waals surface area contributed by atoms with Crippen molar-refractivity contribution in [3.8, 4) is 0 Å². The summed E-state index contributed by atoms with van der Waals surface area (Å²) in [7, 11) is 0. The Bertz CT molecular complexity index is 324. The molecule has 18 heavy (non-hydrogen) atoms. The number of benzene rings is 1. The number of hydrogen-bond donors (Lipinski definition) is 1. The molecule has 0 saturated heterocycles. The molecule has 1 aromatic rings. The van der Waals surface area contributed by atoms with Crippen molar-refractivity contribution >= 4 is 17.3 Å². The van der Waals surface area contributed by atoms with Crippen LogP contribution in [0.3, 0.4) is 0 Å². The van der Waals surface area contributed by atoms with E-state index in [9.17, 15) is 0 Å². The average Bonchev–Trinajstić information content (AvgIpc) is 2.39. The van der Waals surface area contributed by atoms with Crippen LogP contribution in [0.4, 0.5) is 5.69 Å². The van der Waals surface area contributed by atoms with E-state index in [1.54, 1.807) is 0 Å². The zero-order valence-electron chi connectivity index (χ0n) is 11.7. The molecule has 2 nitrogen and oxygen atoms in total. The van der Waals surface area contributed by atoms with E-state index in [4.69, 9.17) is 11.6 Å². The Kier molecular flexibility index (Phi) is 7.14. The Labute approximate surface area is 116 Å². The molecule has 0 aromatic heterocycles. The minimum atomic E-state index is 0.778. The first kappa shape index (κ1) is 15.3. The van der Waals surface area contributed by atoms with Crippen LogP contribution in [0, 0.1) is 5.92 Å². The van der Waals surface area contributed by atoms with Gasteiger partial charge in [0, 0.05) is 30.3 Å². The summed E-state index contributed by atoms with van der Waals surface area (Å²) in [6.07, 6.45) is 1.25. The molecule has 0 amide bonds. The van der Waals surface area contributed by atoms with Crippen molar-refractivity contribution in [2.24, 2.45) is 5.92 Å². The number of halogens is 1. The molecular weight excluding hydrogens is 244 g/mol. The highest BCUT2D eigenvalue weighted by Crippen LogP contribution is 2.13. The molecule has 0 aliphatic rings. The second-order valence-corrected chi connectivity index (χ2v) is 5.28. The molecular formula is C15H25ClN2. The molecule has 0 saturated carbocycles. The van der Waals surface area contributed by atoms with Crippen LogP contribution in [0.1, 0.15) is 27.2 Å². The van der Waals surface area contributed by atoms with Gasteiger partial charge in [-0.15, -0.1) is 0 Å². The zero-order chi connectivity index (χ0) is 13.4. The summed E-state index contributed by atoms with van der Waals surface area (Å²) in [6.45, 7) is 11.2. The number of nitrogens with zero attached hydrogens (tertiary/aromatic N) is 1. The third-order valence-corrected chi connectivity index (χ3v) is 3.57. The average molecular weight is 269 g/mol. The molecule has 102 valence electrons. The van der Waals surface area contributed by atoms with Gasteiger partial charge in [0.15, 0.2) is 0 Å². The SMILES string of the molecule is CCC(C)CN(CC)CCNc1ccc(Cl)cc1. The molecule has 3 heteroatoms. The van der Waals surface area contributed by atoms with E-state index in [-0.39, 0.29) is 0 Å². The van der Waals surface area contributed by atoms with Crippen LogP contribution in [-0.2, 0) is 0 Å². The fourth-order valence-corrected chi connectivity index (χ4v) is 2.00. The van der Waals surface area contributed by atoms with Crippen LogP contribution in [0.15, 0.2) is 24.3 Å². The molecule has 1 unspecified atom stereocenters. The lowest BCUT2D eigenvalue weighted by atomic mass is 10.1. The monoisotopic (exact) mass is 268 g/mol. The summed E-state index contributed by atoms with van der Waals surface area (Å²) in [5.41, 5.74) is 1.14. The highest BCUT2D eigenvalue weighted by Gasteiger charge is 2.06. The Morgan fingerprint density at radius 3 is 2.44 bits per heavy atom. The van der Waals surface area contributed by atoms with Gasteiger partial charge in [-0.2, -0.15) is 0 Å². The third kappa shape index (κ3) is 5.74.